The Labute approximate surface area is 241 Å². The topological polar surface area (TPSA) is 114 Å². The number of amides is 3. The molecule has 0 radical (unpaired) electrons. The predicted octanol–water partition coefficient (Wildman–Crippen LogP) is 3.93. The van der Waals surface area contributed by atoms with E-state index >= 15 is 0 Å². The van der Waals surface area contributed by atoms with Crippen LogP contribution in [0.1, 0.15) is 16.7 Å². The summed E-state index contributed by atoms with van der Waals surface area (Å²) in [6.45, 7) is -0.115. The number of nitrogens with one attached hydrogen (secondary N) is 2. The van der Waals surface area contributed by atoms with E-state index in [1.165, 1.54) is 14.2 Å². The van der Waals surface area contributed by atoms with Gasteiger partial charge in [-0.25, -0.2) is 4.79 Å². The Morgan fingerprint density at radius 1 is 0.857 bits per heavy atom. The van der Waals surface area contributed by atoms with Gasteiger partial charge in [-0.1, -0.05) is 66.7 Å². The molecule has 0 saturated heterocycles. The van der Waals surface area contributed by atoms with Crippen LogP contribution in [0.5, 0.6) is 0 Å². The number of rotatable bonds is 8. The second-order valence-corrected chi connectivity index (χ2v) is 10.2. The van der Waals surface area contributed by atoms with Gasteiger partial charge in [-0.3, -0.25) is 19.3 Å². The van der Waals surface area contributed by atoms with Gasteiger partial charge < -0.3 is 19.6 Å². The summed E-state index contributed by atoms with van der Waals surface area (Å²) in [5.41, 5.74) is 4.21. The summed E-state index contributed by atoms with van der Waals surface area (Å²) >= 11 is 0. The third-order valence-corrected chi connectivity index (χ3v) is 7.62. The molecule has 0 saturated carbocycles. The third-order valence-electron chi connectivity index (χ3n) is 7.62. The Bertz CT molecular complexity index is 1900. The first-order valence-electron chi connectivity index (χ1n) is 13.5. The normalized spacial score (nSPS) is 14.2. The molecule has 210 valence electrons. The van der Waals surface area contributed by atoms with E-state index in [1.54, 1.807) is 17.0 Å². The SMILES string of the molecule is COC(=O)[C@H](Cc1ccccc1)NC(=O)Cn1cc(C2=C(c3c[nH]c4ccccc34)C(=O)N(C)C2=O)c2ccccc21. The number of aromatic nitrogens is 2. The highest BCUT2D eigenvalue weighted by Crippen LogP contribution is 2.40. The number of carbonyl (C=O) groups excluding carboxylic acids is 4. The van der Waals surface area contributed by atoms with Crippen LogP contribution in [0.4, 0.5) is 0 Å². The highest BCUT2D eigenvalue weighted by Gasteiger charge is 2.39. The number of fused-ring (bicyclic) bond motifs is 2. The van der Waals surface area contributed by atoms with Gasteiger partial charge in [-0.15, -0.1) is 0 Å². The molecule has 0 fully saturated rings. The molecule has 1 aliphatic rings. The second kappa shape index (κ2) is 10.9. The van der Waals surface area contributed by atoms with Gasteiger partial charge in [0.15, 0.2) is 0 Å². The molecule has 0 spiro atoms. The summed E-state index contributed by atoms with van der Waals surface area (Å²) in [6, 6.07) is 23.5. The van der Waals surface area contributed by atoms with Gasteiger partial charge in [0.2, 0.25) is 5.91 Å². The first-order chi connectivity index (χ1) is 20.4. The fourth-order valence-corrected chi connectivity index (χ4v) is 5.58. The molecule has 1 aliphatic heterocycles. The number of methoxy groups -OCH3 is 1. The average Bonchev–Trinajstić information content (AvgIpc) is 3.66. The Morgan fingerprint density at radius 2 is 1.50 bits per heavy atom. The van der Waals surface area contributed by atoms with Crippen LogP contribution >= 0.6 is 0 Å². The molecule has 0 aliphatic carbocycles. The second-order valence-electron chi connectivity index (χ2n) is 10.2. The van der Waals surface area contributed by atoms with Gasteiger partial charge in [-0.05, 0) is 17.7 Å². The maximum Gasteiger partial charge on any atom is 0.328 e. The lowest BCUT2D eigenvalue weighted by molar-refractivity contribution is -0.145. The van der Waals surface area contributed by atoms with Crippen LogP contribution in [0.15, 0.2) is 91.3 Å². The van der Waals surface area contributed by atoms with Gasteiger partial charge in [0.25, 0.3) is 11.8 Å². The number of esters is 1. The molecule has 1 atom stereocenters. The van der Waals surface area contributed by atoms with Crippen molar-refractivity contribution in [3.05, 3.63) is 108 Å². The van der Waals surface area contributed by atoms with Crippen molar-refractivity contribution in [2.24, 2.45) is 0 Å². The van der Waals surface area contributed by atoms with Crippen molar-refractivity contribution in [2.45, 2.75) is 19.0 Å². The van der Waals surface area contributed by atoms with E-state index in [1.807, 2.05) is 78.9 Å². The Kier molecular flexibility index (Phi) is 6.92. The molecule has 3 aromatic carbocycles. The summed E-state index contributed by atoms with van der Waals surface area (Å²) in [5.74, 6) is -1.75. The van der Waals surface area contributed by atoms with E-state index in [4.69, 9.17) is 4.74 Å². The molecular weight excluding hydrogens is 532 g/mol. The zero-order chi connectivity index (χ0) is 29.4. The lowest BCUT2D eigenvalue weighted by Gasteiger charge is -2.17. The number of para-hydroxylation sites is 2. The van der Waals surface area contributed by atoms with Crippen LogP contribution in [0.3, 0.4) is 0 Å². The van der Waals surface area contributed by atoms with Crippen molar-refractivity contribution in [3.8, 4) is 0 Å². The number of H-pyrrole nitrogens is 1. The van der Waals surface area contributed by atoms with Crippen LogP contribution in [0.25, 0.3) is 33.0 Å². The Hall–Kier alpha value is -5.44. The number of aromatic amines is 1. The van der Waals surface area contributed by atoms with Gasteiger partial charge in [0.1, 0.15) is 12.6 Å². The van der Waals surface area contributed by atoms with Crippen molar-refractivity contribution in [3.63, 3.8) is 0 Å². The number of hydrogen-bond donors (Lipinski definition) is 2. The van der Waals surface area contributed by atoms with Crippen LogP contribution in [-0.4, -0.2) is 58.3 Å². The van der Waals surface area contributed by atoms with Crippen molar-refractivity contribution >= 4 is 56.6 Å². The number of imide groups is 1. The number of nitrogens with zero attached hydrogens (tertiary/aromatic N) is 2. The predicted molar refractivity (Wildman–Crippen MR) is 159 cm³/mol. The minimum Gasteiger partial charge on any atom is -0.467 e. The zero-order valence-corrected chi connectivity index (χ0v) is 23.1. The van der Waals surface area contributed by atoms with Crippen LogP contribution in [0, 0.1) is 0 Å². The first-order valence-corrected chi connectivity index (χ1v) is 13.5. The van der Waals surface area contributed by atoms with E-state index < -0.39 is 29.7 Å². The van der Waals surface area contributed by atoms with Gasteiger partial charge in [0.05, 0.1) is 18.3 Å². The van der Waals surface area contributed by atoms with E-state index in [9.17, 15) is 19.2 Å². The molecule has 0 unspecified atom stereocenters. The van der Waals surface area contributed by atoms with Gasteiger partial charge >= 0.3 is 5.97 Å². The van der Waals surface area contributed by atoms with E-state index in [0.29, 0.717) is 22.2 Å². The highest BCUT2D eigenvalue weighted by molar-refractivity contribution is 6.50. The molecule has 42 heavy (non-hydrogen) atoms. The monoisotopic (exact) mass is 560 g/mol. The lowest BCUT2D eigenvalue weighted by Crippen LogP contribution is -2.44. The van der Waals surface area contributed by atoms with Crippen LogP contribution in [-0.2, 0) is 36.9 Å². The van der Waals surface area contributed by atoms with Crippen molar-refractivity contribution in [1.29, 1.82) is 0 Å². The summed E-state index contributed by atoms with van der Waals surface area (Å²) in [4.78, 5) is 57.1. The number of ether oxygens (including phenoxy) is 1. The zero-order valence-electron chi connectivity index (χ0n) is 23.1. The van der Waals surface area contributed by atoms with Crippen molar-refractivity contribution in [1.82, 2.24) is 19.8 Å². The van der Waals surface area contributed by atoms with Gasteiger partial charge in [-0.2, -0.15) is 0 Å². The molecular formula is C33H28N4O5. The van der Waals surface area contributed by atoms with Crippen LogP contribution in [0.2, 0.25) is 0 Å². The summed E-state index contributed by atoms with van der Waals surface area (Å²) in [7, 11) is 2.76. The molecule has 6 rings (SSSR count). The van der Waals surface area contributed by atoms with E-state index in [-0.39, 0.29) is 18.5 Å². The quantitative estimate of drug-likeness (QED) is 0.221. The van der Waals surface area contributed by atoms with Crippen LogP contribution < -0.4 is 5.32 Å². The maximum absolute atomic E-state index is 13.6. The average molecular weight is 561 g/mol. The number of hydrogen-bond acceptors (Lipinski definition) is 5. The largest absolute Gasteiger partial charge is 0.467 e. The summed E-state index contributed by atoms with van der Waals surface area (Å²) in [5, 5.41) is 4.36. The summed E-state index contributed by atoms with van der Waals surface area (Å²) < 4.78 is 6.67. The van der Waals surface area contributed by atoms with Crippen molar-refractivity contribution in [2.75, 3.05) is 14.2 Å². The highest BCUT2D eigenvalue weighted by atomic mass is 16.5. The lowest BCUT2D eigenvalue weighted by atomic mass is 9.95. The first kappa shape index (κ1) is 26.8. The number of likely N-dealkylation sites (N-methyl/N-ethyl adjacent to an activating group) is 1. The van der Waals surface area contributed by atoms with Gasteiger partial charge in [0, 0.05) is 58.8 Å². The number of benzene rings is 3. The maximum atomic E-state index is 13.6. The molecule has 9 heteroatoms. The van der Waals surface area contributed by atoms with E-state index in [2.05, 4.69) is 10.3 Å². The third kappa shape index (κ3) is 4.64. The smallest absolute Gasteiger partial charge is 0.328 e. The fourth-order valence-electron chi connectivity index (χ4n) is 5.58. The molecule has 3 amide bonds. The number of carbonyl (C=O) groups is 4. The molecule has 2 aromatic heterocycles. The molecule has 9 nitrogen and oxygen atoms in total. The molecule has 3 heterocycles. The summed E-state index contributed by atoms with van der Waals surface area (Å²) in [6.07, 6.45) is 3.75. The minimum absolute atomic E-state index is 0.115. The fraction of sp³-hybridized carbons (Fsp3) is 0.152. The molecule has 5 aromatic rings. The Morgan fingerprint density at radius 3 is 2.24 bits per heavy atom. The van der Waals surface area contributed by atoms with Crippen molar-refractivity contribution < 1.29 is 23.9 Å². The molecule has 2 N–H and O–H groups in total. The standard InChI is InChI=1S/C33H28N4O5/c1-36-31(39)29(23-17-34-25-14-8-6-12-21(23)25)30(32(36)40)24-18-37(27-15-9-7-13-22(24)27)19-28(38)35-26(33(41)42-2)16-20-10-4-3-5-11-20/h3-15,17-18,26,34H,16,19H2,1-2H3,(H,35,38)/t26-/m0/s1. The van der Waals surface area contributed by atoms with E-state index in [0.717, 1.165) is 26.8 Å². The Balaban J connectivity index is 1.39. The molecule has 0 bridgehead atoms. The minimum atomic E-state index is -0.870.